The van der Waals surface area contributed by atoms with E-state index in [-0.39, 0.29) is 17.9 Å². The quantitative estimate of drug-likeness (QED) is 0.748. The van der Waals surface area contributed by atoms with Crippen LogP contribution in [0.5, 0.6) is 0 Å². The maximum Gasteiger partial charge on any atom is 0.322 e. The average molecular weight is 346 g/mol. The molecule has 2 heterocycles. The zero-order valence-corrected chi connectivity index (χ0v) is 15.0. The Morgan fingerprint density at radius 1 is 1.21 bits per heavy atom. The number of hydrogen-bond acceptors (Lipinski definition) is 2. The Labute approximate surface area is 146 Å². The van der Waals surface area contributed by atoms with Crippen molar-refractivity contribution in [3.8, 4) is 0 Å². The van der Waals surface area contributed by atoms with Gasteiger partial charge in [-0.15, -0.1) is 11.3 Å². The number of likely N-dealkylation sites (tertiary alicyclic amines) is 1. The smallest absolute Gasteiger partial charge is 0.317 e. The van der Waals surface area contributed by atoms with Gasteiger partial charge in [0.2, 0.25) is 0 Å². The van der Waals surface area contributed by atoms with Crippen LogP contribution in [0.15, 0.2) is 30.3 Å². The largest absolute Gasteiger partial charge is 0.322 e. The summed E-state index contributed by atoms with van der Waals surface area (Å²) in [5.74, 6) is -0.297. The number of thiophene rings is 1. The van der Waals surface area contributed by atoms with Gasteiger partial charge in [0, 0.05) is 22.0 Å². The number of aryl methyl sites for hydroxylation is 2. The molecule has 1 aliphatic rings. The van der Waals surface area contributed by atoms with Crippen molar-refractivity contribution in [1.82, 2.24) is 4.90 Å². The van der Waals surface area contributed by atoms with Gasteiger partial charge in [0.1, 0.15) is 5.82 Å². The lowest BCUT2D eigenvalue weighted by Crippen LogP contribution is -2.37. The number of urea groups is 1. The average Bonchev–Trinajstić information content (AvgIpc) is 2.83. The molecule has 1 unspecified atom stereocenters. The Morgan fingerprint density at radius 3 is 2.75 bits per heavy atom. The molecule has 2 amide bonds. The highest BCUT2D eigenvalue weighted by atomic mass is 32.1. The van der Waals surface area contributed by atoms with Crippen molar-refractivity contribution in [1.29, 1.82) is 0 Å². The summed E-state index contributed by atoms with van der Waals surface area (Å²) in [6.07, 6.45) is 4.26. The highest BCUT2D eigenvalue weighted by Crippen LogP contribution is 2.34. The lowest BCUT2D eigenvalue weighted by atomic mass is 10.1. The molecule has 24 heavy (non-hydrogen) atoms. The number of carbonyl (C=O) groups is 1. The number of amides is 2. The Balaban J connectivity index is 1.80. The van der Waals surface area contributed by atoms with Gasteiger partial charge >= 0.3 is 6.03 Å². The summed E-state index contributed by atoms with van der Waals surface area (Å²) in [5.41, 5.74) is 1.09. The van der Waals surface area contributed by atoms with Crippen LogP contribution in [0.4, 0.5) is 14.9 Å². The van der Waals surface area contributed by atoms with Gasteiger partial charge in [-0.1, -0.05) is 18.9 Å². The van der Waals surface area contributed by atoms with Crippen molar-refractivity contribution in [2.24, 2.45) is 0 Å². The van der Waals surface area contributed by atoms with Crippen LogP contribution in [-0.4, -0.2) is 17.5 Å². The lowest BCUT2D eigenvalue weighted by Gasteiger charge is -2.29. The number of hydrogen-bond donors (Lipinski definition) is 1. The third-order valence-corrected chi connectivity index (χ3v) is 5.63. The van der Waals surface area contributed by atoms with E-state index in [2.05, 4.69) is 24.4 Å². The van der Waals surface area contributed by atoms with E-state index in [9.17, 15) is 9.18 Å². The summed E-state index contributed by atoms with van der Waals surface area (Å²) < 4.78 is 13.7. The van der Waals surface area contributed by atoms with Gasteiger partial charge in [-0.2, -0.15) is 0 Å². The molecule has 3 rings (SSSR count). The van der Waals surface area contributed by atoms with Crippen LogP contribution in [-0.2, 0) is 0 Å². The molecule has 0 saturated carbocycles. The van der Waals surface area contributed by atoms with Gasteiger partial charge in [-0.05, 0) is 56.5 Å². The molecule has 5 heteroatoms. The molecule has 1 aromatic carbocycles. The van der Waals surface area contributed by atoms with Crippen LogP contribution in [0.3, 0.4) is 0 Å². The molecule has 0 spiro atoms. The number of rotatable bonds is 2. The van der Waals surface area contributed by atoms with Crippen molar-refractivity contribution in [3.63, 3.8) is 0 Å². The fourth-order valence-corrected chi connectivity index (χ4v) is 4.17. The molecular weight excluding hydrogens is 323 g/mol. The molecule has 1 aliphatic heterocycles. The maximum absolute atomic E-state index is 13.7. The first-order chi connectivity index (χ1) is 11.5. The number of nitrogens with zero attached hydrogens (tertiary/aromatic N) is 1. The minimum absolute atomic E-state index is 0.112. The molecule has 3 nitrogen and oxygen atoms in total. The van der Waals surface area contributed by atoms with E-state index < -0.39 is 0 Å². The van der Waals surface area contributed by atoms with Crippen LogP contribution >= 0.6 is 11.3 Å². The van der Waals surface area contributed by atoms with Crippen LogP contribution in [0.25, 0.3) is 0 Å². The molecule has 0 radical (unpaired) electrons. The SMILES string of the molecule is Cc1ccc(C2CCCCCN2C(=O)Nc2ccc(C)c(F)c2)s1. The number of anilines is 1. The van der Waals surface area contributed by atoms with E-state index in [4.69, 9.17) is 0 Å². The molecule has 0 bridgehead atoms. The van der Waals surface area contributed by atoms with E-state index in [1.54, 1.807) is 30.4 Å². The zero-order chi connectivity index (χ0) is 17.1. The van der Waals surface area contributed by atoms with Gasteiger partial charge in [0.05, 0.1) is 6.04 Å². The first-order valence-electron chi connectivity index (χ1n) is 8.45. The highest BCUT2D eigenvalue weighted by molar-refractivity contribution is 7.12. The molecule has 1 fully saturated rings. The van der Waals surface area contributed by atoms with Crippen molar-refractivity contribution in [2.45, 2.75) is 45.6 Å². The van der Waals surface area contributed by atoms with Crippen LogP contribution in [0.2, 0.25) is 0 Å². The standard InChI is InChI=1S/C19H23FN2OS/c1-13-7-9-15(12-16(13)20)21-19(23)22-11-5-3-4-6-17(22)18-10-8-14(2)24-18/h7-10,12,17H,3-6,11H2,1-2H3,(H,21,23). The maximum atomic E-state index is 13.7. The molecule has 1 atom stereocenters. The predicted molar refractivity (Wildman–Crippen MR) is 97.1 cm³/mol. The Bertz CT molecular complexity index is 728. The highest BCUT2D eigenvalue weighted by Gasteiger charge is 2.27. The van der Waals surface area contributed by atoms with Crippen molar-refractivity contribution >= 4 is 23.1 Å². The lowest BCUT2D eigenvalue weighted by molar-refractivity contribution is 0.190. The van der Waals surface area contributed by atoms with Gasteiger partial charge < -0.3 is 10.2 Å². The van der Waals surface area contributed by atoms with Crippen LogP contribution < -0.4 is 5.32 Å². The summed E-state index contributed by atoms with van der Waals surface area (Å²) in [5, 5.41) is 2.87. The van der Waals surface area contributed by atoms with Crippen LogP contribution in [0.1, 0.15) is 47.0 Å². The minimum Gasteiger partial charge on any atom is -0.317 e. The van der Waals surface area contributed by atoms with Crippen molar-refractivity contribution in [2.75, 3.05) is 11.9 Å². The van der Waals surface area contributed by atoms with E-state index in [1.165, 1.54) is 15.8 Å². The third kappa shape index (κ3) is 3.78. The fraction of sp³-hybridized carbons (Fsp3) is 0.421. The Kier molecular flexibility index (Phi) is 5.19. The summed E-state index contributed by atoms with van der Waals surface area (Å²) >= 11 is 1.75. The van der Waals surface area contributed by atoms with Gasteiger partial charge in [-0.25, -0.2) is 9.18 Å². The first kappa shape index (κ1) is 17.0. The van der Waals surface area contributed by atoms with Gasteiger partial charge in [0.15, 0.2) is 0 Å². The number of halogens is 1. The first-order valence-corrected chi connectivity index (χ1v) is 9.26. The molecule has 0 aliphatic carbocycles. The number of nitrogens with one attached hydrogen (secondary N) is 1. The van der Waals surface area contributed by atoms with Crippen molar-refractivity contribution < 1.29 is 9.18 Å². The van der Waals surface area contributed by atoms with E-state index in [0.717, 1.165) is 32.2 Å². The Morgan fingerprint density at radius 2 is 2.04 bits per heavy atom. The van der Waals surface area contributed by atoms with E-state index >= 15 is 0 Å². The minimum atomic E-state index is -0.297. The topological polar surface area (TPSA) is 32.3 Å². The van der Waals surface area contributed by atoms with Crippen molar-refractivity contribution in [3.05, 3.63) is 51.5 Å². The third-order valence-electron chi connectivity index (χ3n) is 4.53. The van der Waals surface area contributed by atoms with Gasteiger partial charge in [0.25, 0.3) is 0 Å². The monoisotopic (exact) mass is 346 g/mol. The molecule has 1 saturated heterocycles. The number of carbonyl (C=O) groups excluding carboxylic acids is 1. The molecular formula is C19H23FN2OS. The summed E-state index contributed by atoms with van der Waals surface area (Å²) in [7, 11) is 0. The van der Waals surface area contributed by atoms with E-state index in [0.29, 0.717) is 11.3 Å². The predicted octanol–water partition coefficient (Wildman–Crippen LogP) is 5.65. The number of benzene rings is 1. The Hall–Kier alpha value is -1.88. The van der Waals surface area contributed by atoms with Gasteiger partial charge in [-0.3, -0.25) is 0 Å². The van der Waals surface area contributed by atoms with Crippen LogP contribution in [0, 0.1) is 19.7 Å². The second kappa shape index (κ2) is 7.34. The summed E-state index contributed by atoms with van der Waals surface area (Å²) in [6.45, 7) is 4.54. The normalized spacial score (nSPS) is 18.3. The molecule has 1 N–H and O–H groups in total. The molecule has 1 aromatic heterocycles. The molecule has 128 valence electrons. The second-order valence-electron chi connectivity index (χ2n) is 6.40. The summed E-state index contributed by atoms with van der Waals surface area (Å²) in [6, 6.07) is 9.03. The molecule has 2 aromatic rings. The fourth-order valence-electron chi connectivity index (χ4n) is 3.15. The second-order valence-corrected chi connectivity index (χ2v) is 7.72. The zero-order valence-electron chi connectivity index (χ0n) is 14.1. The van der Waals surface area contributed by atoms with E-state index in [1.807, 2.05) is 4.90 Å². The summed E-state index contributed by atoms with van der Waals surface area (Å²) in [4.78, 5) is 17.2.